The number of nitrogens with one attached hydrogen (secondary N) is 2. The predicted molar refractivity (Wildman–Crippen MR) is 76.0 cm³/mol. The van der Waals surface area contributed by atoms with Crippen LogP contribution in [0.25, 0.3) is 0 Å². The molecule has 0 aromatic heterocycles. The Morgan fingerprint density at radius 2 is 2.11 bits per heavy atom. The molecule has 4 nitrogen and oxygen atoms in total. The standard InChI is InChI=1S/C15H28N2O2/c1-4-15(3)12(10-13(15)19-5-2)16-9-8-14(18)17-11-6-7-11/h11-13,16H,4-10H2,1-3H3,(H,17,18). The summed E-state index contributed by atoms with van der Waals surface area (Å²) in [5.74, 6) is 0.189. The van der Waals surface area contributed by atoms with Crippen LogP contribution in [0.2, 0.25) is 0 Å². The minimum absolute atomic E-state index is 0.189. The molecule has 2 saturated carbocycles. The monoisotopic (exact) mass is 268 g/mol. The lowest BCUT2D eigenvalue weighted by atomic mass is 9.61. The van der Waals surface area contributed by atoms with E-state index in [0.717, 1.165) is 38.8 Å². The van der Waals surface area contributed by atoms with E-state index in [9.17, 15) is 4.79 Å². The van der Waals surface area contributed by atoms with Crippen LogP contribution in [0.1, 0.15) is 52.9 Å². The molecule has 2 rings (SSSR count). The Morgan fingerprint density at radius 3 is 2.68 bits per heavy atom. The van der Waals surface area contributed by atoms with Crippen molar-refractivity contribution in [3.05, 3.63) is 0 Å². The van der Waals surface area contributed by atoms with Crippen LogP contribution in [0.5, 0.6) is 0 Å². The van der Waals surface area contributed by atoms with Crippen LogP contribution in [-0.4, -0.2) is 37.2 Å². The molecule has 2 aliphatic rings. The molecule has 0 aromatic carbocycles. The number of carbonyl (C=O) groups excluding carboxylic acids is 1. The largest absolute Gasteiger partial charge is 0.378 e. The van der Waals surface area contributed by atoms with Crippen molar-refractivity contribution >= 4 is 5.91 Å². The van der Waals surface area contributed by atoms with Gasteiger partial charge >= 0.3 is 0 Å². The van der Waals surface area contributed by atoms with Crippen LogP contribution >= 0.6 is 0 Å². The number of carbonyl (C=O) groups is 1. The molecule has 0 heterocycles. The Hall–Kier alpha value is -0.610. The summed E-state index contributed by atoms with van der Waals surface area (Å²) in [6.45, 7) is 8.13. The van der Waals surface area contributed by atoms with Gasteiger partial charge < -0.3 is 15.4 Å². The first-order valence-electron chi connectivity index (χ1n) is 7.74. The Bertz CT molecular complexity index is 317. The highest BCUT2D eigenvalue weighted by molar-refractivity contribution is 5.76. The average Bonchev–Trinajstić information content (AvgIpc) is 3.19. The van der Waals surface area contributed by atoms with Gasteiger partial charge in [-0.3, -0.25) is 4.79 Å². The van der Waals surface area contributed by atoms with Crippen molar-refractivity contribution < 1.29 is 9.53 Å². The first-order chi connectivity index (χ1) is 9.10. The van der Waals surface area contributed by atoms with Gasteiger partial charge in [0.25, 0.3) is 0 Å². The zero-order chi connectivity index (χ0) is 13.9. The Labute approximate surface area is 116 Å². The quantitative estimate of drug-likeness (QED) is 0.706. The van der Waals surface area contributed by atoms with Gasteiger partial charge in [0.1, 0.15) is 0 Å². The van der Waals surface area contributed by atoms with Crippen LogP contribution in [0.4, 0.5) is 0 Å². The molecule has 0 saturated heterocycles. The fourth-order valence-electron chi connectivity index (χ4n) is 2.95. The lowest BCUT2D eigenvalue weighted by molar-refractivity contribution is -0.127. The highest BCUT2D eigenvalue weighted by Gasteiger charge is 2.50. The zero-order valence-corrected chi connectivity index (χ0v) is 12.5. The van der Waals surface area contributed by atoms with E-state index in [-0.39, 0.29) is 11.3 Å². The van der Waals surface area contributed by atoms with Crippen LogP contribution in [-0.2, 0) is 9.53 Å². The lowest BCUT2D eigenvalue weighted by Crippen LogP contribution is -2.62. The first-order valence-corrected chi connectivity index (χ1v) is 7.74. The van der Waals surface area contributed by atoms with Gasteiger partial charge in [-0.1, -0.05) is 13.8 Å². The van der Waals surface area contributed by atoms with Crippen molar-refractivity contribution in [3.63, 3.8) is 0 Å². The Morgan fingerprint density at radius 1 is 1.37 bits per heavy atom. The van der Waals surface area contributed by atoms with Crippen molar-refractivity contribution in [3.8, 4) is 0 Å². The van der Waals surface area contributed by atoms with Crippen molar-refractivity contribution in [2.24, 2.45) is 5.41 Å². The predicted octanol–water partition coefficient (Wildman–Crippen LogP) is 1.84. The van der Waals surface area contributed by atoms with E-state index < -0.39 is 0 Å². The van der Waals surface area contributed by atoms with E-state index in [1.165, 1.54) is 0 Å². The molecule has 0 aromatic rings. The SMILES string of the molecule is CCOC1CC(NCCC(=O)NC2CC2)C1(C)CC. The molecule has 1 amide bonds. The number of ether oxygens (including phenoxy) is 1. The zero-order valence-electron chi connectivity index (χ0n) is 12.5. The second-order valence-electron chi connectivity index (χ2n) is 6.14. The third-order valence-electron chi connectivity index (χ3n) is 4.80. The highest BCUT2D eigenvalue weighted by atomic mass is 16.5. The highest BCUT2D eigenvalue weighted by Crippen LogP contribution is 2.45. The maximum Gasteiger partial charge on any atom is 0.221 e. The molecule has 0 bridgehead atoms. The molecule has 0 aliphatic heterocycles. The molecule has 19 heavy (non-hydrogen) atoms. The molecule has 0 spiro atoms. The van der Waals surface area contributed by atoms with Crippen LogP contribution < -0.4 is 10.6 Å². The van der Waals surface area contributed by atoms with Gasteiger partial charge in [0, 0.05) is 37.1 Å². The summed E-state index contributed by atoms with van der Waals surface area (Å²) in [6.07, 6.45) is 5.47. The third kappa shape index (κ3) is 3.48. The second kappa shape index (κ2) is 6.23. The van der Waals surface area contributed by atoms with Crippen LogP contribution in [0.3, 0.4) is 0 Å². The summed E-state index contributed by atoms with van der Waals surface area (Å²) < 4.78 is 5.78. The van der Waals surface area contributed by atoms with Crippen molar-refractivity contribution in [2.75, 3.05) is 13.2 Å². The molecular weight excluding hydrogens is 240 g/mol. The average molecular weight is 268 g/mol. The van der Waals surface area contributed by atoms with E-state index in [4.69, 9.17) is 4.74 Å². The number of amides is 1. The van der Waals surface area contributed by atoms with Gasteiger partial charge in [0.15, 0.2) is 0 Å². The smallest absolute Gasteiger partial charge is 0.221 e. The summed E-state index contributed by atoms with van der Waals surface area (Å²) in [7, 11) is 0. The number of rotatable bonds is 8. The van der Waals surface area contributed by atoms with Crippen molar-refractivity contribution in [1.82, 2.24) is 10.6 Å². The number of hydrogen-bond donors (Lipinski definition) is 2. The molecular formula is C15H28N2O2. The van der Waals surface area contributed by atoms with Gasteiger partial charge in [-0.05, 0) is 32.6 Å². The van der Waals surface area contributed by atoms with E-state index in [1.54, 1.807) is 0 Å². The minimum atomic E-state index is 0.189. The third-order valence-corrected chi connectivity index (χ3v) is 4.80. The first kappa shape index (κ1) is 14.8. The Balaban J connectivity index is 1.66. The van der Waals surface area contributed by atoms with E-state index >= 15 is 0 Å². The fourth-order valence-corrected chi connectivity index (χ4v) is 2.95. The van der Waals surface area contributed by atoms with Crippen molar-refractivity contribution in [1.29, 1.82) is 0 Å². The molecule has 2 aliphatic carbocycles. The van der Waals surface area contributed by atoms with Gasteiger partial charge in [-0.2, -0.15) is 0 Å². The van der Waals surface area contributed by atoms with E-state index in [0.29, 0.717) is 24.6 Å². The fraction of sp³-hybridized carbons (Fsp3) is 0.933. The van der Waals surface area contributed by atoms with Gasteiger partial charge in [0.05, 0.1) is 6.10 Å². The van der Waals surface area contributed by atoms with Gasteiger partial charge in [-0.25, -0.2) is 0 Å². The summed E-state index contributed by atoms with van der Waals surface area (Å²) in [6, 6.07) is 0.960. The maximum absolute atomic E-state index is 11.6. The van der Waals surface area contributed by atoms with Gasteiger partial charge in [0.2, 0.25) is 5.91 Å². The summed E-state index contributed by atoms with van der Waals surface area (Å²) in [5.41, 5.74) is 0.225. The summed E-state index contributed by atoms with van der Waals surface area (Å²) in [5, 5.41) is 6.56. The van der Waals surface area contributed by atoms with Crippen LogP contribution in [0.15, 0.2) is 0 Å². The molecule has 110 valence electrons. The summed E-state index contributed by atoms with van der Waals surface area (Å²) >= 11 is 0. The molecule has 2 fully saturated rings. The number of hydrogen-bond acceptors (Lipinski definition) is 3. The topological polar surface area (TPSA) is 50.4 Å². The van der Waals surface area contributed by atoms with E-state index in [1.807, 2.05) is 0 Å². The second-order valence-corrected chi connectivity index (χ2v) is 6.14. The molecule has 2 N–H and O–H groups in total. The molecule has 3 unspecified atom stereocenters. The van der Waals surface area contributed by atoms with Crippen molar-refractivity contribution in [2.45, 2.75) is 71.1 Å². The Kier molecular flexibility index (Phi) is 4.85. The normalized spacial score (nSPS) is 33.8. The molecule has 4 heteroatoms. The minimum Gasteiger partial charge on any atom is -0.378 e. The summed E-state index contributed by atoms with van der Waals surface area (Å²) in [4.78, 5) is 11.6. The van der Waals surface area contributed by atoms with Gasteiger partial charge in [-0.15, -0.1) is 0 Å². The maximum atomic E-state index is 11.6. The molecule has 3 atom stereocenters. The van der Waals surface area contributed by atoms with E-state index in [2.05, 4.69) is 31.4 Å². The lowest BCUT2D eigenvalue weighted by Gasteiger charge is -2.53. The molecule has 0 radical (unpaired) electrons. The van der Waals surface area contributed by atoms with Crippen LogP contribution in [0, 0.1) is 5.41 Å².